The van der Waals surface area contributed by atoms with Crippen LogP contribution < -0.4 is 0 Å². The second-order valence-electron chi connectivity index (χ2n) is 15.7. The van der Waals surface area contributed by atoms with E-state index in [0.717, 1.165) is 27.9 Å². The van der Waals surface area contributed by atoms with Crippen LogP contribution >= 0.6 is 0 Å². The van der Waals surface area contributed by atoms with E-state index in [0.29, 0.717) is 5.56 Å². The molecule has 286 valence electrons. The third-order valence-electron chi connectivity index (χ3n) is 13.0. The van der Waals surface area contributed by atoms with Gasteiger partial charge in [0, 0.05) is 56.4 Å². The Labute approximate surface area is 298 Å². The number of fused-ring (bicyclic) bond motifs is 4. The molecule has 0 radical (unpaired) electrons. The SMILES string of the molecule is COC(=O)CC1C2(C)COC3(C)OC45C(O)C(O)(CC1(COC(C)=O)C4(O3)C(O)C(OC(C)=O)C1(C)C(c3ccoc3)OC(=O)CC15)C2OC(C)=O. The van der Waals surface area contributed by atoms with Gasteiger partial charge in [0.1, 0.15) is 53.9 Å². The molecule has 1 aromatic rings. The largest absolute Gasteiger partial charge is 0.472 e. The van der Waals surface area contributed by atoms with Crippen molar-refractivity contribution in [3.63, 3.8) is 0 Å². The van der Waals surface area contributed by atoms with Crippen LogP contribution in [-0.2, 0) is 61.9 Å². The summed E-state index contributed by atoms with van der Waals surface area (Å²) in [6.07, 6.45) is -7.77. The Balaban J connectivity index is 1.64. The second kappa shape index (κ2) is 11.4. The van der Waals surface area contributed by atoms with Crippen molar-refractivity contribution in [2.24, 2.45) is 28.1 Å². The first-order chi connectivity index (χ1) is 24.2. The fraction of sp³-hybridized carbons (Fsp3) is 0.743. The van der Waals surface area contributed by atoms with Gasteiger partial charge in [-0.2, -0.15) is 0 Å². The Morgan fingerprint density at radius 1 is 1.00 bits per heavy atom. The number of ether oxygens (including phenoxy) is 8. The van der Waals surface area contributed by atoms with Crippen molar-refractivity contribution in [3.05, 3.63) is 24.2 Å². The van der Waals surface area contributed by atoms with Gasteiger partial charge >= 0.3 is 29.8 Å². The molecule has 3 aliphatic carbocycles. The Kier molecular flexibility index (Phi) is 8.09. The van der Waals surface area contributed by atoms with Crippen LogP contribution in [0.4, 0.5) is 0 Å². The molecule has 0 aromatic carbocycles. The molecule has 3 aliphatic heterocycles. The van der Waals surface area contributed by atoms with Crippen molar-refractivity contribution in [1.29, 1.82) is 0 Å². The molecule has 3 saturated heterocycles. The van der Waals surface area contributed by atoms with Gasteiger partial charge in [-0.25, -0.2) is 0 Å². The van der Waals surface area contributed by atoms with Crippen LogP contribution in [0, 0.1) is 28.1 Å². The van der Waals surface area contributed by atoms with E-state index in [-0.39, 0.29) is 0 Å². The van der Waals surface area contributed by atoms with Crippen molar-refractivity contribution >= 4 is 29.8 Å². The number of hydrogen-bond acceptors (Lipinski definition) is 17. The number of carbonyl (C=O) groups excluding carboxylic acids is 5. The first kappa shape index (κ1) is 36.7. The minimum Gasteiger partial charge on any atom is -0.472 e. The zero-order chi connectivity index (χ0) is 38.0. The second-order valence-corrected chi connectivity index (χ2v) is 15.7. The summed E-state index contributed by atoms with van der Waals surface area (Å²) in [7, 11) is 1.16. The van der Waals surface area contributed by atoms with Gasteiger partial charge in [0.25, 0.3) is 5.97 Å². The average molecular weight is 737 g/mol. The molecule has 3 N–H and O–H groups in total. The highest BCUT2D eigenvalue weighted by Gasteiger charge is 2.96. The minimum atomic E-state index is -2.51. The number of furan rings is 1. The standard InChI is InChI=1S/C35H44O17/c1-16(36)46-15-32-13-33(43)27(42)34-21-11-23(40)50-25(19-8-9-45-12-19)30(21,5)26(48-17(2)37)24(41)35(32,34)52-31(6,51-34)47-14-29(4,28(33)49-18(3)38)20(32)10-22(39)44-7/h8-9,12,20-21,24-28,41-43H,10-11,13-15H2,1-7H3. The highest BCUT2D eigenvalue weighted by Crippen LogP contribution is 2.80. The molecule has 17 heteroatoms. The molecular weight excluding hydrogens is 692 g/mol. The van der Waals surface area contributed by atoms with Gasteiger partial charge in [-0.1, -0.05) is 13.8 Å². The fourth-order valence-corrected chi connectivity index (χ4v) is 11.4. The van der Waals surface area contributed by atoms with E-state index >= 15 is 0 Å². The molecule has 0 amide bonds. The van der Waals surface area contributed by atoms with Crippen LogP contribution in [0.2, 0.25) is 0 Å². The third-order valence-corrected chi connectivity index (χ3v) is 13.0. The molecule has 1 aromatic heterocycles. The molecule has 52 heavy (non-hydrogen) atoms. The van der Waals surface area contributed by atoms with Gasteiger partial charge in [0.05, 0.1) is 38.1 Å². The summed E-state index contributed by atoms with van der Waals surface area (Å²) in [5, 5.41) is 39.5. The molecule has 17 nitrogen and oxygen atoms in total. The lowest BCUT2D eigenvalue weighted by atomic mass is 9.31. The van der Waals surface area contributed by atoms with E-state index in [4.69, 9.17) is 42.3 Å². The lowest BCUT2D eigenvalue weighted by Gasteiger charge is -2.77. The normalized spacial score (nSPS) is 48.3. The maximum atomic E-state index is 13.8. The molecule has 4 heterocycles. The Morgan fingerprint density at radius 2 is 1.69 bits per heavy atom. The number of aliphatic hydroxyl groups is 3. The Morgan fingerprint density at radius 3 is 2.29 bits per heavy atom. The van der Waals surface area contributed by atoms with E-state index in [9.17, 15) is 39.3 Å². The number of hydrogen-bond donors (Lipinski definition) is 3. The van der Waals surface area contributed by atoms with Gasteiger partial charge in [-0.3, -0.25) is 24.0 Å². The first-order valence-corrected chi connectivity index (χ1v) is 17.1. The summed E-state index contributed by atoms with van der Waals surface area (Å²) in [5.41, 5.74) is -12.4. The van der Waals surface area contributed by atoms with Crippen LogP contribution in [0.5, 0.6) is 0 Å². The van der Waals surface area contributed by atoms with Gasteiger partial charge in [0.15, 0.2) is 0 Å². The quantitative estimate of drug-likeness (QED) is 0.257. The number of rotatable bonds is 7. The number of cyclic esters (lactones) is 1. The molecule has 14 atom stereocenters. The predicted molar refractivity (Wildman–Crippen MR) is 166 cm³/mol. The summed E-state index contributed by atoms with van der Waals surface area (Å²) in [6, 6.07) is 1.52. The highest BCUT2D eigenvalue weighted by atomic mass is 16.9. The average Bonchev–Trinajstić information content (AvgIpc) is 3.71. The topological polar surface area (TPSA) is 233 Å². The zero-order valence-electron chi connectivity index (χ0n) is 29.9. The fourth-order valence-electron chi connectivity index (χ4n) is 11.4. The van der Waals surface area contributed by atoms with Gasteiger partial charge in [-0.05, 0) is 18.4 Å². The minimum absolute atomic E-state index is 0.309. The molecule has 5 bridgehead atoms. The highest BCUT2D eigenvalue weighted by molar-refractivity contribution is 5.73. The van der Waals surface area contributed by atoms with E-state index in [2.05, 4.69) is 0 Å². The number of carbonyl (C=O) groups is 5. The van der Waals surface area contributed by atoms with Gasteiger partial charge in [0.2, 0.25) is 0 Å². The summed E-state index contributed by atoms with van der Waals surface area (Å²) in [4.78, 5) is 65.9. The zero-order valence-corrected chi connectivity index (χ0v) is 29.9. The van der Waals surface area contributed by atoms with Crippen LogP contribution in [0.25, 0.3) is 0 Å². The molecule has 3 saturated carbocycles. The first-order valence-electron chi connectivity index (χ1n) is 17.1. The van der Waals surface area contributed by atoms with E-state index in [1.807, 2.05) is 0 Å². The molecule has 1 spiro atoms. The predicted octanol–water partition coefficient (Wildman–Crippen LogP) is 0.601. The third kappa shape index (κ3) is 4.34. The number of esters is 5. The Bertz CT molecular complexity index is 1690. The summed E-state index contributed by atoms with van der Waals surface area (Å²) in [6.45, 7) is 6.80. The van der Waals surface area contributed by atoms with Crippen molar-refractivity contribution < 1.29 is 81.6 Å². The molecule has 6 fully saturated rings. The van der Waals surface area contributed by atoms with E-state index < -0.39 is 144 Å². The monoisotopic (exact) mass is 736 g/mol. The lowest BCUT2D eigenvalue weighted by molar-refractivity contribution is -0.433. The van der Waals surface area contributed by atoms with E-state index in [1.165, 1.54) is 25.5 Å². The summed E-state index contributed by atoms with van der Waals surface area (Å²) >= 11 is 0. The van der Waals surface area contributed by atoms with Crippen molar-refractivity contribution in [2.75, 3.05) is 20.3 Å². The molecule has 7 rings (SSSR count). The van der Waals surface area contributed by atoms with Crippen LogP contribution in [0.1, 0.15) is 72.5 Å². The number of aliphatic hydroxyl groups excluding tert-OH is 2. The van der Waals surface area contributed by atoms with E-state index in [1.54, 1.807) is 13.8 Å². The lowest BCUT2D eigenvalue weighted by Crippen LogP contribution is -2.94. The summed E-state index contributed by atoms with van der Waals surface area (Å²) in [5.74, 6) is -8.80. The molecule has 6 aliphatic rings. The molecule has 14 unspecified atom stereocenters. The summed E-state index contributed by atoms with van der Waals surface area (Å²) < 4.78 is 54.2. The maximum Gasteiger partial charge on any atom is 0.306 e. The smallest absolute Gasteiger partial charge is 0.306 e. The maximum absolute atomic E-state index is 13.8. The van der Waals surface area contributed by atoms with Crippen LogP contribution in [-0.4, -0.2) is 113 Å². The van der Waals surface area contributed by atoms with Gasteiger partial charge in [-0.15, -0.1) is 0 Å². The number of methoxy groups -OCH3 is 1. The van der Waals surface area contributed by atoms with Crippen molar-refractivity contribution in [3.8, 4) is 0 Å². The van der Waals surface area contributed by atoms with Crippen LogP contribution in [0.3, 0.4) is 0 Å². The van der Waals surface area contributed by atoms with Crippen molar-refractivity contribution in [2.45, 2.75) is 114 Å². The van der Waals surface area contributed by atoms with Crippen LogP contribution in [0.15, 0.2) is 23.0 Å². The van der Waals surface area contributed by atoms with Gasteiger partial charge < -0.3 is 57.6 Å². The Hall–Kier alpha value is -3.61. The van der Waals surface area contributed by atoms with Crippen molar-refractivity contribution in [1.82, 2.24) is 0 Å². The molecular formula is C35H44O17.